The number of allylic oxidation sites excluding steroid dienone is 2. The molecular formula is C34H40N12O6. The maximum Gasteiger partial charge on any atom is 0.276 e. The van der Waals surface area contributed by atoms with E-state index < -0.39 is 17.7 Å². The zero-order chi connectivity index (χ0) is 36.8. The Morgan fingerprint density at radius 3 is 2.38 bits per heavy atom. The molecule has 6 rings (SSSR count). The van der Waals surface area contributed by atoms with Crippen LogP contribution >= 0.6 is 0 Å². The summed E-state index contributed by atoms with van der Waals surface area (Å²) in [6.07, 6.45) is 6.28. The van der Waals surface area contributed by atoms with Crippen molar-refractivity contribution in [2.24, 2.45) is 11.5 Å². The molecule has 0 spiro atoms. The van der Waals surface area contributed by atoms with Crippen molar-refractivity contribution in [3.8, 4) is 5.75 Å². The molecule has 6 N–H and O–H groups in total. The fraction of sp³-hybridized carbons (Fsp3) is 0.353. The predicted molar refractivity (Wildman–Crippen MR) is 191 cm³/mol. The normalized spacial score (nSPS) is 13.6. The predicted octanol–water partition coefficient (Wildman–Crippen LogP) is 1.68. The van der Waals surface area contributed by atoms with E-state index in [-0.39, 0.29) is 36.1 Å². The number of carbonyl (C=O) groups excluding carboxylic acids is 4. The molecule has 4 aromatic heterocycles. The molecule has 0 saturated carbocycles. The number of aromatic nitrogens is 7. The van der Waals surface area contributed by atoms with E-state index >= 15 is 0 Å². The second-order valence-corrected chi connectivity index (χ2v) is 12.1. The number of carbonyl (C=O) groups is 4. The molecule has 5 heterocycles. The monoisotopic (exact) mass is 712 g/mol. The molecule has 0 atom stereocenters. The third-order valence-corrected chi connectivity index (χ3v) is 8.53. The molecule has 1 fully saturated rings. The highest BCUT2D eigenvalue weighted by Gasteiger charge is 2.21. The Hall–Kier alpha value is -6.14. The summed E-state index contributed by atoms with van der Waals surface area (Å²) < 4.78 is 16.7. The number of pyridine rings is 1. The van der Waals surface area contributed by atoms with Gasteiger partial charge in [0.25, 0.3) is 5.91 Å². The largest absolute Gasteiger partial charge is 0.491 e. The third-order valence-electron chi connectivity index (χ3n) is 8.53. The van der Waals surface area contributed by atoms with E-state index in [1.165, 1.54) is 12.3 Å². The molecule has 5 aromatic rings. The smallest absolute Gasteiger partial charge is 0.276 e. The van der Waals surface area contributed by atoms with E-state index in [9.17, 15) is 19.2 Å². The Labute approximate surface area is 297 Å². The van der Waals surface area contributed by atoms with Crippen LogP contribution in [0.1, 0.15) is 50.2 Å². The van der Waals surface area contributed by atoms with Crippen molar-refractivity contribution in [1.29, 1.82) is 0 Å². The van der Waals surface area contributed by atoms with Gasteiger partial charge in [-0.25, -0.2) is 15.0 Å². The van der Waals surface area contributed by atoms with Gasteiger partial charge < -0.3 is 25.5 Å². The van der Waals surface area contributed by atoms with Gasteiger partial charge in [0.1, 0.15) is 22.5 Å². The molecule has 1 saturated heterocycles. The number of fused-ring (bicyclic) bond motifs is 2. The highest BCUT2D eigenvalue weighted by atomic mass is 16.5. The number of primary amides is 2. The summed E-state index contributed by atoms with van der Waals surface area (Å²) in [5.74, 6) is -0.884. The van der Waals surface area contributed by atoms with Crippen LogP contribution in [0, 0.1) is 6.92 Å². The summed E-state index contributed by atoms with van der Waals surface area (Å²) in [7, 11) is 0. The van der Waals surface area contributed by atoms with Crippen LogP contribution in [-0.4, -0.2) is 102 Å². The molecule has 1 aromatic carbocycles. The first-order valence-electron chi connectivity index (χ1n) is 16.8. The molecule has 52 heavy (non-hydrogen) atoms. The van der Waals surface area contributed by atoms with Crippen molar-refractivity contribution in [3.63, 3.8) is 0 Å². The van der Waals surface area contributed by atoms with Crippen LogP contribution in [0.5, 0.6) is 5.75 Å². The van der Waals surface area contributed by atoms with Crippen LogP contribution in [0.3, 0.4) is 0 Å². The number of anilines is 2. The molecule has 1 aliphatic rings. The minimum absolute atomic E-state index is 0.172. The Morgan fingerprint density at radius 1 is 0.962 bits per heavy atom. The highest BCUT2D eigenvalue weighted by molar-refractivity contribution is 6.03. The van der Waals surface area contributed by atoms with Gasteiger partial charge in [-0.2, -0.15) is 5.10 Å². The van der Waals surface area contributed by atoms with Gasteiger partial charge in [-0.1, -0.05) is 12.2 Å². The number of nitrogens with two attached hydrogens (primary N) is 2. The Bertz CT molecular complexity index is 2160. The molecule has 0 bridgehead atoms. The topological polar surface area (TPSA) is 232 Å². The summed E-state index contributed by atoms with van der Waals surface area (Å²) in [4.78, 5) is 64.8. The summed E-state index contributed by atoms with van der Waals surface area (Å²) in [5.41, 5.74) is 14.3. The van der Waals surface area contributed by atoms with Gasteiger partial charge in [0, 0.05) is 51.0 Å². The zero-order valence-electron chi connectivity index (χ0n) is 28.9. The third kappa shape index (κ3) is 7.77. The molecule has 272 valence electrons. The molecule has 0 radical (unpaired) electrons. The summed E-state index contributed by atoms with van der Waals surface area (Å²) in [5, 5.41) is 9.85. The lowest BCUT2D eigenvalue weighted by molar-refractivity contribution is -0.105. The second-order valence-electron chi connectivity index (χ2n) is 12.1. The lowest BCUT2D eigenvalue weighted by atomic mass is 10.1. The first-order chi connectivity index (χ1) is 25.2. The number of hydrogen-bond donors (Lipinski definition) is 4. The van der Waals surface area contributed by atoms with Gasteiger partial charge in [-0.05, 0) is 44.5 Å². The van der Waals surface area contributed by atoms with Crippen molar-refractivity contribution < 1.29 is 28.7 Å². The minimum Gasteiger partial charge on any atom is -0.491 e. The highest BCUT2D eigenvalue weighted by Crippen LogP contribution is 2.31. The molecule has 0 aliphatic carbocycles. The van der Waals surface area contributed by atoms with Crippen molar-refractivity contribution in [2.45, 2.75) is 39.9 Å². The number of benzene rings is 1. The molecule has 18 nitrogen and oxygen atoms in total. The van der Waals surface area contributed by atoms with Crippen LogP contribution < -0.4 is 26.8 Å². The fourth-order valence-corrected chi connectivity index (χ4v) is 6.03. The number of nitrogens with one attached hydrogen (secondary N) is 2. The lowest BCUT2D eigenvalue weighted by Gasteiger charge is -2.26. The van der Waals surface area contributed by atoms with Gasteiger partial charge in [0.15, 0.2) is 5.65 Å². The molecule has 0 unspecified atom stereocenters. The summed E-state index contributed by atoms with van der Waals surface area (Å²) in [6.45, 7) is 8.94. The van der Waals surface area contributed by atoms with Crippen molar-refractivity contribution in [3.05, 3.63) is 65.1 Å². The van der Waals surface area contributed by atoms with E-state index in [1.807, 2.05) is 19.1 Å². The van der Waals surface area contributed by atoms with Gasteiger partial charge in [0.05, 0.1) is 36.6 Å². The van der Waals surface area contributed by atoms with Crippen molar-refractivity contribution >= 4 is 58.2 Å². The maximum absolute atomic E-state index is 13.4. The Morgan fingerprint density at radius 2 is 1.67 bits per heavy atom. The molecule has 4 amide bonds. The Kier molecular flexibility index (Phi) is 10.9. The number of imidazole rings is 2. The van der Waals surface area contributed by atoms with Gasteiger partial charge in [0.2, 0.25) is 30.1 Å². The lowest BCUT2D eigenvalue weighted by Crippen LogP contribution is -2.37. The fourth-order valence-electron chi connectivity index (χ4n) is 6.03. The number of nitrogens with zero attached hydrogens (tertiary/aromatic N) is 8. The average Bonchev–Trinajstić information content (AvgIpc) is 3.80. The first-order valence-corrected chi connectivity index (χ1v) is 16.8. The van der Waals surface area contributed by atoms with Gasteiger partial charge in [-0.3, -0.25) is 44.0 Å². The zero-order valence-corrected chi connectivity index (χ0v) is 28.9. The van der Waals surface area contributed by atoms with Gasteiger partial charge in [-0.15, -0.1) is 0 Å². The minimum atomic E-state index is -0.660. The van der Waals surface area contributed by atoms with Crippen LogP contribution in [0.15, 0.2) is 42.6 Å². The number of morpholine rings is 1. The number of ether oxygens (including phenoxy) is 2. The number of rotatable bonds is 16. The van der Waals surface area contributed by atoms with Gasteiger partial charge >= 0.3 is 0 Å². The SMILES string of the molecule is CCn1nc(C)cc1C(=O)Nc1nc2cc(C(N)=O)cnc2n1C/C=C/Cn1c(NC=O)nc2cc(C(N)=O)cc(OCCCN3CCOCC3)c21. The van der Waals surface area contributed by atoms with E-state index in [0.29, 0.717) is 72.1 Å². The van der Waals surface area contributed by atoms with E-state index in [0.717, 1.165) is 26.1 Å². The standard InChI is InChI=1S/C34H40N12O6/c1-3-46-26(15-21(2)42-46)32(50)41-34-40-25-17-23(30(36)49)19-37-31(25)45(34)9-5-4-8-44-28-24(39-33(44)38-20-47)16-22(29(35)48)18-27(28)52-12-6-7-43-10-13-51-14-11-43/h4-5,15-20H,3,6-14H2,1-2H3,(H2,35,48)(H2,36,49)(H,38,39,47)(H,40,41,50)/b5-4+. The van der Waals surface area contributed by atoms with Crippen LogP contribution in [-0.2, 0) is 29.2 Å². The average molecular weight is 713 g/mol. The van der Waals surface area contributed by atoms with E-state index in [1.54, 1.807) is 38.9 Å². The van der Waals surface area contributed by atoms with Crippen molar-refractivity contribution in [1.82, 2.24) is 38.8 Å². The van der Waals surface area contributed by atoms with Crippen molar-refractivity contribution in [2.75, 3.05) is 50.1 Å². The Balaban J connectivity index is 1.28. The summed E-state index contributed by atoms with van der Waals surface area (Å²) in [6, 6.07) is 6.33. The summed E-state index contributed by atoms with van der Waals surface area (Å²) >= 11 is 0. The quantitative estimate of drug-likeness (QED) is 0.0653. The number of aryl methyl sites for hydroxylation is 2. The van der Waals surface area contributed by atoms with E-state index in [4.69, 9.17) is 20.9 Å². The number of amides is 4. The first kappa shape index (κ1) is 35.7. The molecule has 1 aliphatic heterocycles. The van der Waals surface area contributed by atoms with Crippen LogP contribution in [0.4, 0.5) is 11.9 Å². The second kappa shape index (κ2) is 15.8. The van der Waals surface area contributed by atoms with Crippen LogP contribution in [0.2, 0.25) is 0 Å². The maximum atomic E-state index is 13.4. The van der Waals surface area contributed by atoms with E-state index in [2.05, 4.69) is 35.6 Å². The molecular weight excluding hydrogens is 672 g/mol. The number of hydrogen-bond acceptors (Lipinski definition) is 11. The van der Waals surface area contributed by atoms with Crippen LogP contribution in [0.25, 0.3) is 22.2 Å². The molecule has 18 heteroatoms.